The molecule has 0 aromatic rings. The Hall–Kier alpha value is -2.06. The van der Waals surface area contributed by atoms with Crippen LogP contribution in [-0.4, -0.2) is 147 Å². The number of esters is 4. The fourth-order valence-corrected chi connectivity index (χ4v) is 8.73. The van der Waals surface area contributed by atoms with E-state index in [1.807, 2.05) is 13.8 Å². The highest BCUT2D eigenvalue weighted by molar-refractivity contribution is 7.99. The Kier molecular flexibility index (Phi) is 32.2. The molecule has 1 saturated heterocycles. The number of nitrogens with zero attached hydrogens (tertiary/aromatic N) is 3. The quantitative estimate of drug-likeness (QED) is 0.0269. The van der Waals surface area contributed by atoms with E-state index in [2.05, 4.69) is 75.4 Å². The summed E-state index contributed by atoms with van der Waals surface area (Å²) in [4.78, 5) is 57.1. The van der Waals surface area contributed by atoms with Crippen molar-refractivity contribution in [3.8, 4) is 0 Å². The van der Waals surface area contributed by atoms with E-state index in [1.165, 1.54) is 24.0 Å². The van der Waals surface area contributed by atoms with E-state index in [0.717, 1.165) is 82.9 Å². The standard InChI is InChI=1S/C46H83N3O8S2/c1-37(2)13-10-15-39(5)19-33-58-35-41(7)45(52)56-31-29-54-43(50)17-23-48(21-12-22-49-27-25-47(9)26-28-49)24-18-44(51)55-30-32-57-46(53)42(8)36-59-34-20-40(6)16-11-14-38(3)4/h13-14,39-42H,10-12,15-36H2,1-9H3. The molecule has 1 heterocycles. The van der Waals surface area contributed by atoms with Gasteiger partial charge >= 0.3 is 23.9 Å². The van der Waals surface area contributed by atoms with Gasteiger partial charge in [-0.3, -0.25) is 19.2 Å². The van der Waals surface area contributed by atoms with Crippen LogP contribution in [0.25, 0.3) is 0 Å². The highest BCUT2D eigenvalue weighted by atomic mass is 32.2. The Morgan fingerprint density at radius 3 is 1.46 bits per heavy atom. The first-order valence-electron chi connectivity index (χ1n) is 22.4. The van der Waals surface area contributed by atoms with Gasteiger partial charge in [-0.1, -0.05) is 51.0 Å². The summed E-state index contributed by atoms with van der Waals surface area (Å²) in [6.07, 6.45) is 12.7. The molecule has 1 rings (SSSR count). The van der Waals surface area contributed by atoms with Gasteiger partial charge in [-0.15, -0.1) is 0 Å². The normalized spacial score (nSPS) is 15.5. The topological polar surface area (TPSA) is 115 Å². The molecule has 342 valence electrons. The predicted molar refractivity (Wildman–Crippen MR) is 246 cm³/mol. The second-order valence-electron chi connectivity index (χ2n) is 17.1. The van der Waals surface area contributed by atoms with Gasteiger partial charge in [0.15, 0.2) is 0 Å². The van der Waals surface area contributed by atoms with Crippen LogP contribution in [0.1, 0.15) is 113 Å². The largest absolute Gasteiger partial charge is 0.462 e. The molecule has 13 heteroatoms. The molecule has 0 amide bonds. The summed E-state index contributed by atoms with van der Waals surface area (Å²) in [6, 6.07) is 0. The fourth-order valence-electron chi connectivity index (χ4n) is 6.28. The maximum atomic E-state index is 12.6. The Morgan fingerprint density at radius 1 is 0.610 bits per heavy atom. The van der Waals surface area contributed by atoms with Gasteiger partial charge in [-0.2, -0.15) is 23.5 Å². The van der Waals surface area contributed by atoms with E-state index in [0.29, 0.717) is 36.4 Å². The van der Waals surface area contributed by atoms with Crippen LogP contribution in [0.15, 0.2) is 23.3 Å². The van der Waals surface area contributed by atoms with Crippen molar-refractivity contribution in [3.63, 3.8) is 0 Å². The molecule has 0 saturated carbocycles. The van der Waals surface area contributed by atoms with E-state index < -0.39 is 0 Å². The van der Waals surface area contributed by atoms with Gasteiger partial charge in [-0.25, -0.2) is 0 Å². The van der Waals surface area contributed by atoms with Crippen LogP contribution in [0.3, 0.4) is 0 Å². The van der Waals surface area contributed by atoms with E-state index in [1.54, 1.807) is 23.5 Å². The second-order valence-corrected chi connectivity index (χ2v) is 19.4. The van der Waals surface area contributed by atoms with Crippen LogP contribution in [0.4, 0.5) is 0 Å². The molecule has 1 aliphatic rings. The van der Waals surface area contributed by atoms with Gasteiger partial charge in [0.25, 0.3) is 0 Å². The third-order valence-corrected chi connectivity index (χ3v) is 13.0. The minimum atomic E-state index is -0.367. The molecule has 0 spiro atoms. The molecule has 0 radical (unpaired) electrons. The van der Waals surface area contributed by atoms with Crippen molar-refractivity contribution < 1.29 is 38.1 Å². The van der Waals surface area contributed by atoms with Crippen molar-refractivity contribution in [1.82, 2.24) is 14.7 Å². The number of rotatable bonds is 34. The zero-order valence-corrected chi connectivity index (χ0v) is 40.2. The number of piperazine rings is 1. The molecule has 0 aromatic heterocycles. The molecular weight excluding hydrogens is 787 g/mol. The molecule has 59 heavy (non-hydrogen) atoms. The van der Waals surface area contributed by atoms with Gasteiger partial charge in [-0.05, 0) is 116 Å². The highest BCUT2D eigenvalue weighted by Gasteiger charge is 2.19. The lowest BCUT2D eigenvalue weighted by Gasteiger charge is -2.33. The molecule has 0 bridgehead atoms. The zero-order valence-electron chi connectivity index (χ0n) is 38.6. The molecule has 1 fully saturated rings. The summed E-state index contributed by atoms with van der Waals surface area (Å²) in [6.45, 7) is 23.7. The van der Waals surface area contributed by atoms with E-state index in [4.69, 9.17) is 18.9 Å². The number of carbonyl (C=O) groups is 4. The number of likely N-dealkylation sites (N-methyl/N-ethyl adjacent to an activating group) is 1. The van der Waals surface area contributed by atoms with Crippen molar-refractivity contribution in [1.29, 1.82) is 0 Å². The highest BCUT2D eigenvalue weighted by Crippen LogP contribution is 2.19. The van der Waals surface area contributed by atoms with Crippen LogP contribution in [-0.2, 0) is 38.1 Å². The van der Waals surface area contributed by atoms with Crippen LogP contribution in [0, 0.1) is 23.7 Å². The first-order valence-corrected chi connectivity index (χ1v) is 24.7. The lowest BCUT2D eigenvalue weighted by molar-refractivity contribution is -0.154. The number of allylic oxidation sites excluding steroid dienone is 4. The number of hydrogen-bond acceptors (Lipinski definition) is 13. The minimum Gasteiger partial charge on any atom is -0.462 e. The van der Waals surface area contributed by atoms with Crippen molar-refractivity contribution in [2.45, 2.75) is 113 Å². The zero-order chi connectivity index (χ0) is 43.8. The first kappa shape index (κ1) is 55.0. The van der Waals surface area contributed by atoms with Crippen molar-refractivity contribution in [3.05, 3.63) is 23.3 Å². The first-order chi connectivity index (χ1) is 28.2. The third-order valence-electron chi connectivity index (χ3n) is 10.5. The van der Waals surface area contributed by atoms with Gasteiger partial charge < -0.3 is 33.6 Å². The molecule has 1 aliphatic heterocycles. The van der Waals surface area contributed by atoms with Gasteiger partial charge in [0.05, 0.1) is 24.7 Å². The van der Waals surface area contributed by atoms with Crippen LogP contribution < -0.4 is 0 Å². The maximum Gasteiger partial charge on any atom is 0.309 e. The average Bonchev–Trinajstić information content (AvgIpc) is 3.19. The second kappa shape index (κ2) is 34.5. The number of ether oxygens (including phenoxy) is 4. The maximum absolute atomic E-state index is 12.6. The summed E-state index contributed by atoms with van der Waals surface area (Å²) in [5.41, 5.74) is 2.72. The molecular formula is C46H83N3O8S2. The summed E-state index contributed by atoms with van der Waals surface area (Å²) < 4.78 is 21.5. The van der Waals surface area contributed by atoms with E-state index in [9.17, 15) is 19.2 Å². The SMILES string of the molecule is CC(C)=CCCC(C)CCSCC(C)C(=O)OCCOC(=O)CCN(CCCN1CCN(C)CC1)CCC(=O)OCCOC(=O)C(C)CSCCC(C)CCC=C(C)C. The molecule has 11 nitrogen and oxygen atoms in total. The summed E-state index contributed by atoms with van der Waals surface area (Å²) in [5, 5.41) is 0. The van der Waals surface area contributed by atoms with E-state index in [-0.39, 0.29) is 75.0 Å². The number of hydrogen-bond donors (Lipinski definition) is 0. The summed E-state index contributed by atoms with van der Waals surface area (Å²) in [7, 11) is 2.14. The third kappa shape index (κ3) is 31.4. The summed E-state index contributed by atoms with van der Waals surface area (Å²) >= 11 is 3.56. The van der Waals surface area contributed by atoms with Crippen molar-refractivity contribution in [2.24, 2.45) is 23.7 Å². The Labute approximate surface area is 367 Å². The molecule has 4 atom stereocenters. The molecule has 4 unspecified atom stereocenters. The van der Waals surface area contributed by atoms with Gasteiger partial charge in [0.2, 0.25) is 0 Å². The number of carbonyl (C=O) groups excluding carboxylic acids is 4. The molecule has 0 N–H and O–H groups in total. The number of thioether (sulfide) groups is 2. The Bertz CT molecular complexity index is 1140. The minimum absolute atomic E-state index is 0.0158. The predicted octanol–water partition coefficient (Wildman–Crippen LogP) is 8.16. The fraction of sp³-hybridized carbons (Fsp3) is 0.826. The van der Waals surface area contributed by atoms with Gasteiger partial charge in [0.1, 0.15) is 26.4 Å². The molecule has 0 aromatic carbocycles. The Morgan fingerprint density at radius 2 is 1.03 bits per heavy atom. The van der Waals surface area contributed by atoms with Crippen molar-refractivity contribution >= 4 is 47.4 Å². The summed E-state index contributed by atoms with van der Waals surface area (Å²) in [5.74, 6) is 3.06. The lowest BCUT2D eigenvalue weighted by Crippen LogP contribution is -2.45. The Balaban J connectivity index is 2.36. The van der Waals surface area contributed by atoms with E-state index >= 15 is 0 Å². The van der Waals surface area contributed by atoms with Crippen LogP contribution in [0.2, 0.25) is 0 Å². The monoisotopic (exact) mass is 870 g/mol. The lowest BCUT2D eigenvalue weighted by atomic mass is 10.0. The van der Waals surface area contributed by atoms with Crippen LogP contribution >= 0.6 is 23.5 Å². The van der Waals surface area contributed by atoms with Crippen LogP contribution in [0.5, 0.6) is 0 Å². The van der Waals surface area contributed by atoms with Gasteiger partial charge in [0, 0.05) is 50.8 Å². The smallest absolute Gasteiger partial charge is 0.309 e. The molecule has 0 aliphatic carbocycles. The van der Waals surface area contributed by atoms with Crippen molar-refractivity contribution in [2.75, 3.05) is 109 Å². The average molecular weight is 870 g/mol.